The van der Waals surface area contributed by atoms with Gasteiger partial charge in [-0.25, -0.2) is 4.98 Å². The van der Waals surface area contributed by atoms with Crippen LogP contribution in [0.5, 0.6) is 0 Å². The first-order chi connectivity index (χ1) is 8.84. The number of aromatic nitrogens is 2. The topological polar surface area (TPSA) is 113 Å². The third kappa shape index (κ3) is 5.37. The van der Waals surface area contributed by atoms with Gasteiger partial charge in [0.1, 0.15) is 6.04 Å². The summed E-state index contributed by atoms with van der Waals surface area (Å²) in [7, 11) is -2.57. The Labute approximate surface area is 112 Å². The monoisotopic (exact) mass is 290 g/mol. The fourth-order valence-electron chi connectivity index (χ4n) is 1.46. The Kier molecular flexibility index (Phi) is 5.45. The standard InChI is InChI=1S/C10H18N4O4S/c1-7(2)13-19(16,17)14-9(10(15)18-3)4-8-5-11-6-12-8/h5-7,9,13-14H,4H2,1-3H3,(H,11,12)/t9-/m0/s1. The van der Waals surface area contributed by atoms with E-state index in [9.17, 15) is 13.2 Å². The van der Waals surface area contributed by atoms with Gasteiger partial charge in [-0.2, -0.15) is 17.9 Å². The number of carbonyl (C=O) groups excluding carboxylic acids is 1. The Bertz CT molecular complexity index is 498. The first-order valence-corrected chi connectivity index (χ1v) is 7.17. The van der Waals surface area contributed by atoms with Gasteiger partial charge in [0.2, 0.25) is 0 Å². The number of nitrogens with one attached hydrogen (secondary N) is 3. The van der Waals surface area contributed by atoms with Gasteiger partial charge in [-0.3, -0.25) is 4.79 Å². The minimum atomic E-state index is -3.77. The quantitative estimate of drug-likeness (QED) is 0.576. The Morgan fingerprint density at radius 1 is 1.47 bits per heavy atom. The Hall–Kier alpha value is -1.45. The van der Waals surface area contributed by atoms with Crippen molar-refractivity contribution < 1.29 is 17.9 Å². The zero-order valence-corrected chi connectivity index (χ0v) is 11.8. The van der Waals surface area contributed by atoms with Gasteiger partial charge < -0.3 is 9.72 Å². The van der Waals surface area contributed by atoms with E-state index in [0.29, 0.717) is 5.69 Å². The molecule has 3 N–H and O–H groups in total. The molecule has 0 spiro atoms. The number of ether oxygens (including phenoxy) is 1. The average molecular weight is 290 g/mol. The molecule has 0 aliphatic carbocycles. The molecule has 0 aliphatic heterocycles. The number of esters is 1. The minimum Gasteiger partial charge on any atom is -0.468 e. The van der Waals surface area contributed by atoms with Gasteiger partial charge in [-0.1, -0.05) is 0 Å². The number of rotatable bonds is 7. The van der Waals surface area contributed by atoms with Crippen molar-refractivity contribution in [3.63, 3.8) is 0 Å². The number of nitrogens with zero attached hydrogens (tertiary/aromatic N) is 1. The van der Waals surface area contributed by atoms with Crippen molar-refractivity contribution in [2.75, 3.05) is 7.11 Å². The fourth-order valence-corrected chi connectivity index (χ4v) is 2.71. The van der Waals surface area contributed by atoms with Gasteiger partial charge in [-0.05, 0) is 13.8 Å². The summed E-state index contributed by atoms with van der Waals surface area (Å²) in [6.07, 6.45) is 3.09. The molecular weight excluding hydrogens is 272 g/mol. The molecule has 1 aromatic rings. The van der Waals surface area contributed by atoms with E-state index in [-0.39, 0.29) is 12.5 Å². The molecule has 0 aliphatic rings. The number of H-pyrrole nitrogens is 1. The van der Waals surface area contributed by atoms with E-state index in [1.165, 1.54) is 19.6 Å². The maximum absolute atomic E-state index is 11.7. The van der Waals surface area contributed by atoms with E-state index in [0.717, 1.165) is 0 Å². The highest BCUT2D eigenvalue weighted by molar-refractivity contribution is 7.87. The van der Waals surface area contributed by atoms with Crippen LogP contribution in [0.4, 0.5) is 0 Å². The molecule has 19 heavy (non-hydrogen) atoms. The highest BCUT2D eigenvalue weighted by Crippen LogP contribution is 2.02. The van der Waals surface area contributed by atoms with Crippen molar-refractivity contribution >= 4 is 16.2 Å². The highest BCUT2D eigenvalue weighted by Gasteiger charge is 2.26. The predicted octanol–water partition coefficient (Wildman–Crippen LogP) is -0.674. The summed E-state index contributed by atoms with van der Waals surface area (Å²) in [4.78, 5) is 18.2. The molecule has 108 valence electrons. The van der Waals surface area contributed by atoms with Crippen LogP contribution in [0.15, 0.2) is 12.5 Å². The van der Waals surface area contributed by atoms with Crippen LogP contribution in [-0.4, -0.2) is 43.5 Å². The number of aromatic amines is 1. The molecule has 8 nitrogen and oxygen atoms in total. The van der Waals surface area contributed by atoms with E-state index >= 15 is 0 Å². The lowest BCUT2D eigenvalue weighted by atomic mass is 10.2. The van der Waals surface area contributed by atoms with E-state index in [4.69, 9.17) is 0 Å². The van der Waals surface area contributed by atoms with Crippen LogP contribution in [0.25, 0.3) is 0 Å². The van der Waals surface area contributed by atoms with Crippen molar-refractivity contribution in [2.24, 2.45) is 0 Å². The van der Waals surface area contributed by atoms with Crippen LogP contribution in [0.2, 0.25) is 0 Å². The van der Waals surface area contributed by atoms with Gasteiger partial charge in [0.15, 0.2) is 0 Å². The normalized spacial score (nSPS) is 13.5. The molecule has 0 amide bonds. The van der Waals surface area contributed by atoms with Crippen molar-refractivity contribution in [3.8, 4) is 0 Å². The third-order valence-electron chi connectivity index (χ3n) is 2.15. The second-order valence-electron chi connectivity index (χ2n) is 4.25. The van der Waals surface area contributed by atoms with Gasteiger partial charge in [0.25, 0.3) is 10.2 Å². The van der Waals surface area contributed by atoms with Crippen molar-refractivity contribution in [1.29, 1.82) is 0 Å². The van der Waals surface area contributed by atoms with Gasteiger partial charge in [0.05, 0.1) is 13.4 Å². The van der Waals surface area contributed by atoms with Crippen LogP contribution < -0.4 is 9.44 Å². The second kappa shape index (κ2) is 6.64. The van der Waals surface area contributed by atoms with Crippen LogP contribution in [0.1, 0.15) is 19.5 Å². The number of hydrogen-bond donors (Lipinski definition) is 3. The lowest BCUT2D eigenvalue weighted by Crippen LogP contribution is -2.49. The molecule has 0 saturated carbocycles. The SMILES string of the molecule is COC(=O)[C@H](Cc1cnc[nH]1)NS(=O)(=O)NC(C)C. The molecule has 0 unspecified atom stereocenters. The summed E-state index contributed by atoms with van der Waals surface area (Å²) in [5.74, 6) is -0.663. The average Bonchev–Trinajstić information content (AvgIpc) is 2.77. The van der Waals surface area contributed by atoms with Crippen LogP contribution in [-0.2, 0) is 26.2 Å². The minimum absolute atomic E-state index is 0.131. The predicted molar refractivity (Wildman–Crippen MR) is 68.4 cm³/mol. The molecular formula is C10H18N4O4S. The molecule has 9 heteroatoms. The Balaban J connectivity index is 2.78. The van der Waals surface area contributed by atoms with E-state index < -0.39 is 22.2 Å². The van der Waals surface area contributed by atoms with Crippen molar-refractivity contribution in [2.45, 2.75) is 32.4 Å². The number of imidazole rings is 1. The largest absolute Gasteiger partial charge is 0.468 e. The van der Waals surface area contributed by atoms with Gasteiger partial charge >= 0.3 is 5.97 Å². The molecule has 1 atom stereocenters. The number of carbonyl (C=O) groups is 1. The molecule has 0 bridgehead atoms. The van der Waals surface area contributed by atoms with E-state index in [2.05, 4.69) is 24.1 Å². The second-order valence-corrected chi connectivity index (χ2v) is 5.73. The van der Waals surface area contributed by atoms with E-state index in [1.54, 1.807) is 13.8 Å². The Morgan fingerprint density at radius 3 is 2.63 bits per heavy atom. The number of hydrogen-bond acceptors (Lipinski definition) is 5. The fraction of sp³-hybridized carbons (Fsp3) is 0.600. The Morgan fingerprint density at radius 2 is 2.16 bits per heavy atom. The molecule has 0 fully saturated rings. The molecule has 1 rings (SSSR count). The first-order valence-electron chi connectivity index (χ1n) is 5.68. The lowest BCUT2D eigenvalue weighted by Gasteiger charge is -2.17. The maximum Gasteiger partial charge on any atom is 0.324 e. The molecule has 0 aromatic carbocycles. The molecule has 1 aromatic heterocycles. The third-order valence-corrected chi connectivity index (χ3v) is 3.53. The first kappa shape index (κ1) is 15.6. The van der Waals surface area contributed by atoms with Crippen LogP contribution in [0.3, 0.4) is 0 Å². The van der Waals surface area contributed by atoms with Gasteiger partial charge in [-0.15, -0.1) is 0 Å². The zero-order chi connectivity index (χ0) is 14.5. The molecule has 1 heterocycles. The van der Waals surface area contributed by atoms with E-state index in [1.807, 2.05) is 0 Å². The van der Waals surface area contributed by atoms with Crippen molar-refractivity contribution in [1.82, 2.24) is 19.4 Å². The molecule has 0 saturated heterocycles. The van der Waals surface area contributed by atoms with Crippen LogP contribution >= 0.6 is 0 Å². The summed E-state index contributed by atoms with van der Waals surface area (Å²) < 4.78 is 32.7. The van der Waals surface area contributed by atoms with Gasteiger partial charge in [0, 0.05) is 24.4 Å². The summed E-state index contributed by atoms with van der Waals surface area (Å²) in [6, 6.07) is -1.29. The summed E-state index contributed by atoms with van der Waals surface area (Å²) in [6.45, 7) is 3.36. The van der Waals surface area contributed by atoms with Crippen LogP contribution in [0, 0.1) is 0 Å². The number of methoxy groups -OCH3 is 1. The summed E-state index contributed by atoms with van der Waals surface area (Å²) in [5.41, 5.74) is 0.627. The summed E-state index contributed by atoms with van der Waals surface area (Å²) >= 11 is 0. The zero-order valence-electron chi connectivity index (χ0n) is 11.0. The smallest absolute Gasteiger partial charge is 0.324 e. The highest BCUT2D eigenvalue weighted by atomic mass is 32.2. The lowest BCUT2D eigenvalue weighted by molar-refractivity contribution is -0.142. The maximum atomic E-state index is 11.7. The molecule has 0 radical (unpaired) electrons. The summed E-state index contributed by atoms with van der Waals surface area (Å²) in [5, 5.41) is 0. The van der Waals surface area contributed by atoms with Crippen molar-refractivity contribution in [3.05, 3.63) is 18.2 Å².